The van der Waals surface area contributed by atoms with Crippen molar-refractivity contribution in [2.45, 2.75) is 52.5 Å². The van der Waals surface area contributed by atoms with Gasteiger partial charge in [-0.3, -0.25) is 0 Å². The van der Waals surface area contributed by atoms with E-state index >= 15 is 0 Å². The molecule has 0 heterocycles. The molecule has 2 rings (SSSR count). The van der Waals surface area contributed by atoms with Crippen LogP contribution < -0.4 is 10.1 Å². The molecule has 0 bridgehead atoms. The van der Waals surface area contributed by atoms with E-state index in [1.165, 1.54) is 31.2 Å². The molecule has 1 atom stereocenters. The average molecular weight is 261 g/mol. The second-order valence-corrected chi connectivity index (χ2v) is 5.86. The second kappa shape index (κ2) is 6.42. The minimum Gasteiger partial charge on any atom is -0.494 e. The summed E-state index contributed by atoms with van der Waals surface area (Å²) in [5.41, 5.74) is 1.76. The van der Waals surface area contributed by atoms with Gasteiger partial charge in [0.1, 0.15) is 5.75 Å². The van der Waals surface area contributed by atoms with Crippen LogP contribution in [0.25, 0.3) is 0 Å². The van der Waals surface area contributed by atoms with Gasteiger partial charge in [-0.2, -0.15) is 0 Å². The molecule has 0 aliphatic heterocycles. The van der Waals surface area contributed by atoms with Crippen LogP contribution in [0.15, 0.2) is 24.3 Å². The number of hydrogen-bond donors (Lipinski definition) is 1. The lowest BCUT2D eigenvalue weighted by Crippen LogP contribution is -2.34. The van der Waals surface area contributed by atoms with Gasteiger partial charge in [-0.1, -0.05) is 38.8 Å². The zero-order valence-corrected chi connectivity index (χ0v) is 12.5. The smallest absolute Gasteiger partial charge is 0.119 e. The van der Waals surface area contributed by atoms with Crippen molar-refractivity contribution in [3.63, 3.8) is 0 Å². The Labute approximate surface area is 117 Å². The van der Waals surface area contributed by atoms with E-state index in [2.05, 4.69) is 37.4 Å². The highest BCUT2D eigenvalue weighted by Crippen LogP contribution is 2.47. The molecule has 1 aromatic carbocycles. The van der Waals surface area contributed by atoms with E-state index in [4.69, 9.17) is 4.74 Å². The van der Waals surface area contributed by atoms with Crippen molar-refractivity contribution in [3.05, 3.63) is 29.8 Å². The topological polar surface area (TPSA) is 21.3 Å². The van der Waals surface area contributed by atoms with Gasteiger partial charge in [0.05, 0.1) is 6.61 Å². The summed E-state index contributed by atoms with van der Waals surface area (Å²) in [7, 11) is 0. The van der Waals surface area contributed by atoms with Crippen LogP contribution in [-0.4, -0.2) is 13.2 Å². The molecule has 0 saturated heterocycles. The molecule has 1 N–H and O–H groups in total. The van der Waals surface area contributed by atoms with Crippen LogP contribution in [0.2, 0.25) is 0 Å². The molecule has 1 aromatic rings. The molecular formula is C17H27NO. The highest BCUT2D eigenvalue weighted by molar-refractivity contribution is 5.32. The highest BCUT2D eigenvalue weighted by atomic mass is 16.5. The molecule has 1 unspecified atom stereocenters. The molecule has 1 saturated carbocycles. The lowest BCUT2D eigenvalue weighted by Gasteiger charge is -2.35. The number of rotatable bonds is 6. The minimum atomic E-state index is 0.390. The van der Waals surface area contributed by atoms with E-state index in [1.807, 2.05) is 13.0 Å². The van der Waals surface area contributed by atoms with E-state index in [0.717, 1.165) is 18.9 Å². The Balaban J connectivity index is 2.25. The first-order valence-electron chi connectivity index (χ1n) is 7.66. The maximum atomic E-state index is 5.64. The Kier molecular flexibility index (Phi) is 4.87. The summed E-state index contributed by atoms with van der Waals surface area (Å²) >= 11 is 0. The van der Waals surface area contributed by atoms with E-state index in [0.29, 0.717) is 11.5 Å². The Morgan fingerprint density at radius 3 is 2.63 bits per heavy atom. The van der Waals surface area contributed by atoms with Crippen LogP contribution in [0.4, 0.5) is 0 Å². The minimum absolute atomic E-state index is 0.390. The average Bonchev–Trinajstić information content (AvgIpc) is 2.84. The van der Waals surface area contributed by atoms with Gasteiger partial charge in [0.2, 0.25) is 0 Å². The van der Waals surface area contributed by atoms with Crippen molar-refractivity contribution < 1.29 is 4.74 Å². The van der Waals surface area contributed by atoms with Crippen molar-refractivity contribution >= 4 is 0 Å². The largest absolute Gasteiger partial charge is 0.494 e. The molecule has 2 nitrogen and oxygen atoms in total. The summed E-state index contributed by atoms with van der Waals surface area (Å²) in [5, 5.41) is 3.70. The second-order valence-electron chi connectivity index (χ2n) is 5.86. The first-order chi connectivity index (χ1) is 9.19. The van der Waals surface area contributed by atoms with Crippen molar-refractivity contribution in [3.8, 4) is 5.75 Å². The summed E-state index contributed by atoms with van der Waals surface area (Å²) in [6.07, 6.45) is 5.38. The fourth-order valence-corrected chi connectivity index (χ4v) is 3.39. The van der Waals surface area contributed by atoms with Crippen molar-refractivity contribution in [2.24, 2.45) is 5.41 Å². The number of ether oxygens (including phenoxy) is 1. The van der Waals surface area contributed by atoms with Gasteiger partial charge >= 0.3 is 0 Å². The summed E-state index contributed by atoms with van der Waals surface area (Å²) in [6, 6.07) is 9.05. The maximum absolute atomic E-state index is 5.64. The molecule has 1 aliphatic rings. The van der Waals surface area contributed by atoms with Gasteiger partial charge in [-0.25, -0.2) is 0 Å². The van der Waals surface area contributed by atoms with Crippen LogP contribution in [-0.2, 0) is 0 Å². The van der Waals surface area contributed by atoms with Gasteiger partial charge in [-0.15, -0.1) is 0 Å². The fraction of sp³-hybridized carbons (Fsp3) is 0.647. The monoisotopic (exact) mass is 261 g/mol. The summed E-state index contributed by atoms with van der Waals surface area (Å²) in [5.74, 6) is 0.990. The molecule has 0 aromatic heterocycles. The summed E-state index contributed by atoms with van der Waals surface area (Å²) in [4.78, 5) is 0. The van der Waals surface area contributed by atoms with Gasteiger partial charge in [0, 0.05) is 6.04 Å². The molecule has 1 aliphatic carbocycles. The molecular weight excluding hydrogens is 234 g/mol. The van der Waals surface area contributed by atoms with Gasteiger partial charge in [0.25, 0.3) is 0 Å². The molecule has 106 valence electrons. The molecule has 1 fully saturated rings. The van der Waals surface area contributed by atoms with Gasteiger partial charge in [-0.05, 0) is 49.4 Å². The van der Waals surface area contributed by atoms with Crippen molar-refractivity contribution in [1.82, 2.24) is 5.32 Å². The summed E-state index contributed by atoms with van der Waals surface area (Å²) in [6.45, 7) is 8.40. The van der Waals surface area contributed by atoms with E-state index in [1.54, 1.807) is 0 Å². The van der Waals surface area contributed by atoms with Gasteiger partial charge < -0.3 is 10.1 Å². The zero-order chi connectivity index (χ0) is 13.7. The van der Waals surface area contributed by atoms with Crippen LogP contribution in [0.1, 0.15) is 58.1 Å². The number of hydrogen-bond acceptors (Lipinski definition) is 2. The normalized spacial score (nSPS) is 19.3. The summed E-state index contributed by atoms with van der Waals surface area (Å²) < 4.78 is 5.64. The third kappa shape index (κ3) is 3.30. The van der Waals surface area contributed by atoms with Crippen LogP contribution >= 0.6 is 0 Å². The van der Waals surface area contributed by atoms with E-state index < -0.39 is 0 Å². The van der Waals surface area contributed by atoms with E-state index in [-0.39, 0.29) is 0 Å². The lowest BCUT2D eigenvalue weighted by atomic mass is 9.77. The predicted molar refractivity (Wildman–Crippen MR) is 80.6 cm³/mol. The third-order valence-electron chi connectivity index (χ3n) is 4.35. The molecule has 0 spiro atoms. The number of nitrogens with one attached hydrogen (secondary N) is 1. The SMILES string of the molecule is CCNC(c1cccc(OCC)c1)C1(C)CCCC1. The van der Waals surface area contributed by atoms with Crippen molar-refractivity contribution in [2.75, 3.05) is 13.2 Å². The molecule has 19 heavy (non-hydrogen) atoms. The maximum Gasteiger partial charge on any atom is 0.119 e. The van der Waals surface area contributed by atoms with E-state index in [9.17, 15) is 0 Å². The van der Waals surface area contributed by atoms with Crippen LogP contribution in [0.5, 0.6) is 5.75 Å². The Morgan fingerprint density at radius 1 is 1.26 bits per heavy atom. The Bertz CT molecular complexity index is 396. The lowest BCUT2D eigenvalue weighted by molar-refractivity contribution is 0.225. The van der Waals surface area contributed by atoms with Crippen molar-refractivity contribution in [1.29, 1.82) is 0 Å². The van der Waals surface area contributed by atoms with Crippen LogP contribution in [0, 0.1) is 5.41 Å². The zero-order valence-electron chi connectivity index (χ0n) is 12.5. The van der Waals surface area contributed by atoms with Gasteiger partial charge in [0.15, 0.2) is 0 Å². The van der Waals surface area contributed by atoms with Crippen LogP contribution in [0.3, 0.4) is 0 Å². The number of benzene rings is 1. The molecule has 0 radical (unpaired) electrons. The quantitative estimate of drug-likeness (QED) is 0.823. The molecule has 2 heteroatoms. The fourth-order valence-electron chi connectivity index (χ4n) is 3.39. The predicted octanol–water partition coefficient (Wildman–Crippen LogP) is 4.32. The Morgan fingerprint density at radius 2 is 2.00 bits per heavy atom. The standard InChI is InChI=1S/C17H27NO/c1-4-18-16(17(3)11-6-7-12-17)14-9-8-10-15(13-14)19-5-2/h8-10,13,16,18H,4-7,11-12H2,1-3H3. The molecule has 0 amide bonds. The first kappa shape index (κ1) is 14.4. The first-order valence-corrected chi connectivity index (χ1v) is 7.66. The Hall–Kier alpha value is -1.02. The highest BCUT2D eigenvalue weighted by Gasteiger charge is 2.37. The third-order valence-corrected chi connectivity index (χ3v) is 4.35.